The number of carbonyl (C=O) groups excluding carboxylic acids is 1. The third-order valence-corrected chi connectivity index (χ3v) is 9.09. The predicted molar refractivity (Wildman–Crippen MR) is 137 cm³/mol. The molecule has 1 amide bonds. The van der Waals surface area contributed by atoms with E-state index in [1.54, 1.807) is 23.4 Å². The molecule has 0 atom stereocenters. The van der Waals surface area contributed by atoms with Gasteiger partial charge in [0.15, 0.2) is 0 Å². The number of rotatable bonds is 4. The Kier molecular flexibility index (Phi) is 6.69. The maximum atomic E-state index is 13.1. The number of allylic oxidation sites excluding steroid dienone is 1. The van der Waals surface area contributed by atoms with Gasteiger partial charge < -0.3 is 4.90 Å². The highest BCUT2D eigenvalue weighted by Crippen LogP contribution is 2.46. The molecular weight excluding hydrogens is 490 g/mol. The molecule has 2 aromatic rings. The van der Waals surface area contributed by atoms with E-state index in [1.165, 1.54) is 28.0 Å². The topological polar surface area (TPSA) is 45.6 Å². The minimum absolute atomic E-state index is 0.0772. The molecular formula is C21H20ClN3O2S4. The van der Waals surface area contributed by atoms with Crippen LogP contribution in [0.15, 0.2) is 39.0 Å². The Morgan fingerprint density at radius 2 is 1.94 bits per heavy atom. The zero-order valence-electron chi connectivity index (χ0n) is 17.2. The summed E-state index contributed by atoms with van der Waals surface area (Å²) >= 11 is 15.7. The molecule has 1 aromatic heterocycles. The highest BCUT2D eigenvalue weighted by Gasteiger charge is 2.31. The molecule has 0 spiro atoms. The first kappa shape index (κ1) is 22.7. The summed E-state index contributed by atoms with van der Waals surface area (Å²) < 4.78 is 3.49. The fraction of sp³-hybridized carbons (Fsp3) is 0.286. The van der Waals surface area contributed by atoms with Gasteiger partial charge in [-0.1, -0.05) is 54.3 Å². The second-order valence-electron chi connectivity index (χ2n) is 6.92. The number of amides is 1. The molecule has 0 bridgehead atoms. The summed E-state index contributed by atoms with van der Waals surface area (Å²) in [6.07, 6.45) is 4.63. The second kappa shape index (κ2) is 9.15. The number of benzene rings is 1. The number of nitrogens with zero attached hydrogens (tertiary/aromatic N) is 3. The minimum atomic E-state index is -0.151. The number of thiazole rings is 1. The molecule has 0 aliphatic carbocycles. The van der Waals surface area contributed by atoms with Crippen LogP contribution in [0.4, 0.5) is 5.69 Å². The van der Waals surface area contributed by atoms with Crippen LogP contribution < -0.4 is 19.7 Å². The number of hydrogen-bond donors (Lipinski definition) is 0. The van der Waals surface area contributed by atoms with Crippen molar-refractivity contribution in [3.05, 3.63) is 53.9 Å². The van der Waals surface area contributed by atoms with Crippen LogP contribution in [0.25, 0.3) is 11.0 Å². The van der Waals surface area contributed by atoms with Crippen molar-refractivity contribution < 1.29 is 4.79 Å². The molecule has 0 N–H and O–H groups in total. The van der Waals surface area contributed by atoms with E-state index >= 15 is 0 Å². The summed E-state index contributed by atoms with van der Waals surface area (Å²) in [6.45, 7) is 5.45. The van der Waals surface area contributed by atoms with Gasteiger partial charge in [-0.05, 0) is 43.7 Å². The molecule has 162 valence electrons. The van der Waals surface area contributed by atoms with Gasteiger partial charge in [-0.2, -0.15) is 0 Å². The van der Waals surface area contributed by atoms with E-state index in [9.17, 15) is 9.59 Å². The molecule has 4 rings (SSSR count). The summed E-state index contributed by atoms with van der Waals surface area (Å²) in [7, 11) is 1.67. The van der Waals surface area contributed by atoms with Gasteiger partial charge in [0.25, 0.3) is 11.5 Å². The van der Waals surface area contributed by atoms with Gasteiger partial charge in [-0.25, -0.2) is 0 Å². The minimum Gasteiger partial charge on any atom is -0.335 e. The Labute approximate surface area is 203 Å². The average molecular weight is 510 g/mol. The molecule has 0 radical (unpaired) electrons. The monoisotopic (exact) mass is 509 g/mol. The molecule has 3 heterocycles. The van der Waals surface area contributed by atoms with Crippen molar-refractivity contribution >= 4 is 85.6 Å². The van der Waals surface area contributed by atoms with Gasteiger partial charge in [0.2, 0.25) is 0 Å². The molecule has 31 heavy (non-hydrogen) atoms. The predicted octanol–water partition coefficient (Wildman–Crippen LogP) is 3.83. The van der Waals surface area contributed by atoms with Crippen LogP contribution in [0.2, 0.25) is 5.02 Å². The number of thioether (sulfide) groups is 2. The largest absolute Gasteiger partial charge is 0.335 e. The number of thiocarbonyl (C=S) groups is 1. The standard InChI is InChI=1S/C21H20ClN3O2S4/c1-4-10-25-18(26)15(30-20(25)17-19(27)23(3)21(28)31-17)8-9-16-24(5-2)13-11-12(22)6-7-14(13)29-16/h6-9,11H,4-5,10H2,1-3H3/b15-8?,16-9-,20-17?. The van der Waals surface area contributed by atoms with Crippen LogP contribution in [-0.4, -0.2) is 33.3 Å². The molecule has 1 fully saturated rings. The summed E-state index contributed by atoms with van der Waals surface area (Å²) in [5, 5.41) is 1.74. The molecule has 10 heteroatoms. The van der Waals surface area contributed by atoms with Crippen LogP contribution in [-0.2, 0) is 11.3 Å². The van der Waals surface area contributed by atoms with Gasteiger partial charge >= 0.3 is 0 Å². The summed E-state index contributed by atoms with van der Waals surface area (Å²) in [5.74, 6) is -0.151. The SMILES string of the molecule is CCCn1c(=C2SC(=S)N(C)C2=O)sc(=C/C=C2\Sc3ccc(Cl)cc3N2CC)c1=O. The lowest BCUT2D eigenvalue weighted by Gasteiger charge is -2.17. The number of fused-ring (bicyclic) bond motifs is 1. The third-order valence-electron chi connectivity index (χ3n) is 4.90. The Morgan fingerprint density at radius 3 is 2.58 bits per heavy atom. The van der Waals surface area contributed by atoms with Crippen LogP contribution >= 0.6 is 58.7 Å². The lowest BCUT2D eigenvalue weighted by Crippen LogP contribution is -2.33. The number of carbonyl (C=O) groups is 1. The number of hydrogen-bond acceptors (Lipinski definition) is 7. The Hall–Kier alpha value is -1.52. The fourth-order valence-corrected chi connectivity index (χ4v) is 7.05. The van der Waals surface area contributed by atoms with E-state index in [-0.39, 0.29) is 11.5 Å². The number of aromatic nitrogens is 1. The number of anilines is 1. The quantitative estimate of drug-likeness (QED) is 0.584. The maximum absolute atomic E-state index is 13.1. The smallest absolute Gasteiger partial charge is 0.269 e. The Balaban J connectivity index is 1.82. The Morgan fingerprint density at radius 1 is 1.16 bits per heavy atom. The molecule has 5 nitrogen and oxygen atoms in total. The molecule has 0 saturated carbocycles. The van der Waals surface area contributed by atoms with E-state index in [1.807, 2.05) is 37.3 Å². The lowest BCUT2D eigenvalue weighted by atomic mass is 10.3. The maximum Gasteiger partial charge on any atom is 0.269 e. The van der Waals surface area contributed by atoms with Gasteiger partial charge in [0.1, 0.15) is 13.9 Å². The van der Waals surface area contributed by atoms with Crippen LogP contribution in [0, 0.1) is 0 Å². The lowest BCUT2D eigenvalue weighted by molar-refractivity contribution is -0.119. The van der Waals surface area contributed by atoms with E-state index in [0.717, 1.165) is 28.6 Å². The average Bonchev–Trinajstić information content (AvgIpc) is 3.34. The van der Waals surface area contributed by atoms with Crippen molar-refractivity contribution in [2.24, 2.45) is 0 Å². The van der Waals surface area contributed by atoms with Gasteiger partial charge in [0, 0.05) is 30.1 Å². The summed E-state index contributed by atoms with van der Waals surface area (Å²) in [6, 6.07) is 5.87. The van der Waals surface area contributed by atoms with E-state index in [2.05, 4.69) is 11.8 Å². The summed E-state index contributed by atoms with van der Waals surface area (Å²) in [5.41, 5.74) is 1.00. The van der Waals surface area contributed by atoms with Crippen molar-refractivity contribution in [1.29, 1.82) is 0 Å². The molecule has 1 saturated heterocycles. The summed E-state index contributed by atoms with van der Waals surface area (Å²) in [4.78, 5) is 31.1. The van der Waals surface area contributed by atoms with Crippen molar-refractivity contribution in [3.63, 3.8) is 0 Å². The van der Waals surface area contributed by atoms with Crippen molar-refractivity contribution in [1.82, 2.24) is 9.47 Å². The molecule has 1 aromatic carbocycles. The van der Waals surface area contributed by atoms with Gasteiger partial charge in [-0.15, -0.1) is 11.3 Å². The zero-order valence-corrected chi connectivity index (χ0v) is 21.2. The molecule has 2 aliphatic heterocycles. The first-order valence-corrected chi connectivity index (χ1v) is 13.0. The zero-order chi connectivity index (χ0) is 22.3. The molecule has 2 aliphatic rings. The van der Waals surface area contributed by atoms with Crippen molar-refractivity contribution in [2.75, 3.05) is 18.5 Å². The highest BCUT2D eigenvalue weighted by atomic mass is 35.5. The Bertz CT molecular complexity index is 1290. The second-order valence-corrected chi connectivity index (χ2v) is 11.1. The van der Waals surface area contributed by atoms with E-state index in [4.69, 9.17) is 23.8 Å². The van der Waals surface area contributed by atoms with Gasteiger partial charge in [0.05, 0.1) is 15.2 Å². The first-order chi connectivity index (χ1) is 14.8. The van der Waals surface area contributed by atoms with Gasteiger partial charge in [-0.3, -0.25) is 19.1 Å². The van der Waals surface area contributed by atoms with E-state index < -0.39 is 0 Å². The normalized spacial score (nSPS) is 19.9. The third kappa shape index (κ3) is 4.14. The van der Waals surface area contributed by atoms with Crippen molar-refractivity contribution in [2.45, 2.75) is 31.7 Å². The number of halogens is 1. The fourth-order valence-electron chi connectivity index (χ4n) is 3.37. The first-order valence-electron chi connectivity index (χ1n) is 9.76. The van der Waals surface area contributed by atoms with Crippen molar-refractivity contribution in [3.8, 4) is 0 Å². The highest BCUT2D eigenvalue weighted by molar-refractivity contribution is 8.30. The van der Waals surface area contributed by atoms with Crippen LogP contribution in [0.1, 0.15) is 20.3 Å². The molecule has 0 unspecified atom stereocenters. The van der Waals surface area contributed by atoms with E-state index in [0.29, 0.717) is 30.0 Å². The van der Waals surface area contributed by atoms with Crippen LogP contribution in [0.3, 0.4) is 0 Å². The van der Waals surface area contributed by atoms with Crippen LogP contribution in [0.5, 0.6) is 0 Å².